The summed E-state index contributed by atoms with van der Waals surface area (Å²) < 4.78 is 15.3. The van der Waals surface area contributed by atoms with Crippen molar-refractivity contribution in [2.24, 2.45) is 0 Å². The van der Waals surface area contributed by atoms with E-state index in [2.05, 4.69) is 10.3 Å². The molecular formula is C20H27N4O6+. The lowest BCUT2D eigenvalue weighted by molar-refractivity contribution is -0.895. The molecule has 10 heteroatoms. The molecule has 0 atom stereocenters. The third-order valence-corrected chi connectivity index (χ3v) is 5.07. The Labute approximate surface area is 174 Å². The van der Waals surface area contributed by atoms with Crippen LogP contribution >= 0.6 is 0 Å². The number of fused-ring (bicyclic) bond motifs is 1. The van der Waals surface area contributed by atoms with Gasteiger partial charge in [-0.05, 0) is 19.1 Å². The van der Waals surface area contributed by atoms with Gasteiger partial charge in [0.2, 0.25) is 0 Å². The second kappa shape index (κ2) is 9.49. The van der Waals surface area contributed by atoms with Crippen molar-refractivity contribution in [3.8, 4) is 5.75 Å². The van der Waals surface area contributed by atoms with E-state index in [0.717, 1.165) is 4.90 Å². The topological polar surface area (TPSA) is 114 Å². The van der Waals surface area contributed by atoms with Gasteiger partial charge in [-0.25, -0.2) is 9.59 Å². The number of carbonyl (C=O) groups is 3. The standard InChI is InChI=1S/C20H26N4O6/c1-4-30-20(27)24-10-8-23(9-11-24)12-15(25)22-17-16-13(6-5-7-14(16)28-2)21-18(17)19(26)29-3/h5-7,21H,4,8-12H2,1-3H3,(H,22,25)/p+1. The molecule has 162 valence electrons. The van der Waals surface area contributed by atoms with Gasteiger partial charge in [0.15, 0.2) is 6.54 Å². The van der Waals surface area contributed by atoms with Crippen LogP contribution in [-0.4, -0.2) is 81.4 Å². The molecule has 2 aromatic rings. The van der Waals surface area contributed by atoms with Crippen molar-refractivity contribution in [1.29, 1.82) is 0 Å². The fraction of sp³-hybridized carbons (Fsp3) is 0.450. The molecule has 1 aromatic heterocycles. The Morgan fingerprint density at radius 1 is 1.20 bits per heavy atom. The largest absolute Gasteiger partial charge is 0.496 e. The highest BCUT2D eigenvalue weighted by Gasteiger charge is 2.28. The van der Waals surface area contributed by atoms with E-state index >= 15 is 0 Å². The Bertz CT molecular complexity index is 933. The molecule has 0 unspecified atom stereocenters. The lowest BCUT2D eigenvalue weighted by atomic mass is 10.2. The first-order valence-corrected chi connectivity index (χ1v) is 9.80. The summed E-state index contributed by atoms with van der Waals surface area (Å²) in [5, 5.41) is 3.46. The minimum Gasteiger partial charge on any atom is -0.496 e. The zero-order valence-electron chi connectivity index (χ0n) is 17.4. The summed E-state index contributed by atoms with van der Waals surface area (Å²) in [6.07, 6.45) is -0.324. The highest BCUT2D eigenvalue weighted by molar-refractivity contribution is 6.13. The van der Waals surface area contributed by atoms with Gasteiger partial charge in [-0.15, -0.1) is 0 Å². The number of hydrogen-bond acceptors (Lipinski definition) is 6. The maximum absolute atomic E-state index is 12.8. The number of aromatic nitrogens is 1. The van der Waals surface area contributed by atoms with E-state index < -0.39 is 5.97 Å². The molecule has 2 heterocycles. The van der Waals surface area contributed by atoms with Gasteiger partial charge in [-0.1, -0.05) is 6.07 Å². The molecule has 1 aromatic carbocycles. The molecule has 1 saturated heterocycles. The second-order valence-corrected chi connectivity index (χ2v) is 6.91. The molecule has 0 spiro atoms. The zero-order valence-corrected chi connectivity index (χ0v) is 17.4. The number of nitrogens with one attached hydrogen (secondary N) is 3. The van der Waals surface area contributed by atoms with Gasteiger partial charge in [0.05, 0.1) is 63.6 Å². The second-order valence-electron chi connectivity index (χ2n) is 6.91. The Hall–Kier alpha value is -3.27. The average Bonchev–Trinajstić information content (AvgIpc) is 3.12. The first kappa shape index (κ1) is 21.4. The van der Waals surface area contributed by atoms with Crippen molar-refractivity contribution in [2.45, 2.75) is 6.92 Å². The Morgan fingerprint density at radius 3 is 2.57 bits per heavy atom. The number of nitrogens with zero attached hydrogens (tertiary/aromatic N) is 1. The number of quaternary nitrogens is 1. The van der Waals surface area contributed by atoms with E-state index in [9.17, 15) is 14.4 Å². The summed E-state index contributed by atoms with van der Waals surface area (Å²) in [6.45, 7) is 4.63. The van der Waals surface area contributed by atoms with Crippen LogP contribution < -0.4 is 15.0 Å². The lowest BCUT2D eigenvalue weighted by Crippen LogP contribution is -3.15. The number of methoxy groups -OCH3 is 2. The Kier molecular flexibility index (Phi) is 6.78. The number of ether oxygens (including phenoxy) is 3. The molecule has 0 saturated carbocycles. The van der Waals surface area contributed by atoms with E-state index in [1.807, 2.05) is 0 Å². The number of benzene rings is 1. The molecule has 3 N–H and O–H groups in total. The fourth-order valence-corrected chi connectivity index (χ4v) is 3.57. The molecular weight excluding hydrogens is 392 g/mol. The monoisotopic (exact) mass is 419 g/mol. The number of esters is 1. The van der Waals surface area contributed by atoms with Gasteiger partial charge in [-0.3, -0.25) is 9.69 Å². The molecule has 1 aliphatic heterocycles. The van der Waals surface area contributed by atoms with Crippen molar-refractivity contribution in [3.05, 3.63) is 23.9 Å². The Morgan fingerprint density at radius 2 is 1.93 bits per heavy atom. The number of amides is 2. The van der Waals surface area contributed by atoms with E-state index in [1.54, 1.807) is 30.0 Å². The summed E-state index contributed by atoms with van der Waals surface area (Å²) in [5.41, 5.74) is 1.15. The smallest absolute Gasteiger partial charge is 0.410 e. The van der Waals surface area contributed by atoms with E-state index in [1.165, 1.54) is 14.2 Å². The van der Waals surface area contributed by atoms with Gasteiger partial charge in [0, 0.05) is 0 Å². The number of aromatic amines is 1. The minimum absolute atomic E-state index is 0.160. The minimum atomic E-state index is -0.584. The molecule has 0 bridgehead atoms. The molecule has 1 fully saturated rings. The quantitative estimate of drug-likeness (QED) is 0.579. The first-order valence-electron chi connectivity index (χ1n) is 9.80. The number of hydrogen-bond donors (Lipinski definition) is 3. The molecule has 0 radical (unpaired) electrons. The third-order valence-electron chi connectivity index (χ3n) is 5.07. The molecule has 1 aliphatic rings. The Balaban J connectivity index is 1.72. The molecule has 3 rings (SSSR count). The number of H-pyrrole nitrogens is 1. The summed E-state index contributed by atoms with van der Waals surface area (Å²) in [7, 11) is 2.81. The van der Waals surface area contributed by atoms with Gasteiger partial charge >= 0.3 is 12.1 Å². The van der Waals surface area contributed by atoms with Crippen LogP contribution in [0.5, 0.6) is 5.75 Å². The van der Waals surface area contributed by atoms with E-state index in [4.69, 9.17) is 14.2 Å². The van der Waals surface area contributed by atoms with Crippen molar-refractivity contribution < 1.29 is 33.5 Å². The normalized spacial score (nSPS) is 14.4. The van der Waals surface area contributed by atoms with Gasteiger partial charge in [0.25, 0.3) is 5.91 Å². The number of rotatable bonds is 6. The molecule has 30 heavy (non-hydrogen) atoms. The number of piperazine rings is 1. The van der Waals surface area contributed by atoms with E-state index in [-0.39, 0.29) is 24.2 Å². The van der Waals surface area contributed by atoms with Crippen LogP contribution in [0.1, 0.15) is 17.4 Å². The number of carbonyl (C=O) groups excluding carboxylic acids is 3. The average molecular weight is 419 g/mol. The molecule has 0 aliphatic carbocycles. The van der Waals surface area contributed by atoms with Gasteiger partial charge < -0.3 is 29.4 Å². The maximum Gasteiger partial charge on any atom is 0.410 e. The summed E-state index contributed by atoms with van der Waals surface area (Å²) in [4.78, 5) is 42.5. The highest BCUT2D eigenvalue weighted by atomic mass is 16.6. The van der Waals surface area contributed by atoms with Crippen molar-refractivity contribution >= 4 is 34.6 Å². The first-order chi connectivity index (χ1) is 14.5. The highest BCUT2D eigenvalue weighted by Crippen LogP contribution is 2.35. The summed E-state index contributed by atoms with van der Waals surface area (Å²) in [6, 6.07) is 5.34. The predicted molar refractivity (Wildman–Crippen MR) is 109 cm³/mol. The third kappa shape index (κ3) is 4.48. The van der Waals surface area contributed by atoms with Crippen LogP contribution in [0.2, 0.25) is 0 Å². The van der Waals surface area contributed by atoms with Gasteiger partial charge in [-0.2, -0.15) is 0 Å². The van der Waals surface area contributed by atoms with E-state index in [0.29, 0.717) is 55.1 Å². The number of anilines is 1. The predicted octanol–water partition coefficient (Wildman–Crippen LogP) is 0.259. The van der Waals surface area contributed by atoms with Crippen LogP contribution in [-0.2, 0) is 14.3 Å². The zero-order chi connectivity index (χ0) is 21.7. The summed E-state index contributed by atoms with van der Waals surface area (Å²) in [5.74, 6) is -0.296. The fourth-order valence-electron chi connectivity index (χ4n) is 3.57. The van der Waals surface area contributed by atoms with Crippen LogP contribution in [0, 0.1) is 0 Å². The molecule has 2 amide bonds. The SMILES string of the molecule is CCOC(=O)N1CC[NH+](CC(=O)Nc2c(C(=O)OC)[nH]c3cccc(OC)c23)CC1. The summed E-state index contributed by atoms with van der Waals surface area (Å²) >= 11 is 0. The van der Waals surface area contributed by atoms with Crippen LogP contribution in [0.3, 0.4) is 0 Å². The van der Waals surface area contributed by atoms with Crippen molar-refractivity contribution in [3.63, 3.8) is 0 Å². The van der Waals surface area contributed by atoms with Crippen molar-refractivity contribution in [2.75, 3.05) is 58.9 Å². The van der Waals surface area contributed by atoms with Gasteiger partial charge in [0.1, 0.15) is 11.4 Å². The van der Waals surface area contributed by atoms with Crippen LogP contribution in [0.25, 0.3) is 10.9 Å². The lowest BCUT2D eigenvalue weighted by Gasteiger charge is -2.31. The van der Waals surface area contributed by atoms with Crippen LogP contribution in [0.15, 0.2) is 18.2 Å². The molecule has 10 nitrogen and oxygen atoms in total. The maximum atomic E-state index is 12.8. The van der Waals surface area contributed by atoms with Crippen molar-refractivity contribution in [1.82, 2.24) is 9.88 Å². The van der Waals surface area contributed by atoms with Crippen LogP contribution in [0.4, 0.5) is 10.5 Å².